The summed E-state index contributed by atoms with van der Waals surface area (Å²) >= 11 is 0. The lowest BCUT2D eigenvalue weighted by atomic mass is 10.2. The van der Waals surface area contributed by atoms with E-state index in [9.17, 15) is 4.79 Å². The maximum absolute atomic E-state index is 12.0. The minimum Gasteiger partial charge on any atom is -0.497 e. The normalized spacial score (nSPS) is 10.8. The lowest BCUT2D eigenvalue weighted by molar-refractivity contribution is 0.0519. The average Bonchev–Trinajstić information content (AvgIpc) is 3.00. The van der Waals surface area contributed by atoms with Crippen molar-refractivity contribution >= 4 is 23.8 Å². The van der Waals surface area contributed by atoms with Crippen LogP contribution in [0.15, 0.2) is 54.6 Å². The van der Waals surface area contributed by atoms with Crippen LogP contribution in [0.5, 0.6) is 5.75 Å². The molecule has 1 heterocycles. The van der Waals surface area contributed by atoms with Crippen molar-refractivity contribution < 1.29 is 19.0 Å². The molecule has 0 atom stereocenters. The Morgan fingerprint density at radius 1 is 0.775 bits per heavy atom. The fraction of sp³-hybridized carbons (Fsp3) is 0.448. The van der Waals surface area contributed by atoms with Crippen molar-refractivity contribution in [1.29, 1.82) is 0 Å². The molecule has 4 N–H and O–H groups in total. The number of carbonyl (C=O) groups is 1. The van der Waals surface area contributed by atoms with Gasteiger partial charge in [-0.15, -0.1) is 0 Å². The molecule has 0 aliphatic rings. The number of amides is 1. The highest BCUT2D eigenvalue weighted by molar-refractivity contribution is 5.94. The Hall–Kier alpha value is -3.96. The first kappa shape index (κ1) is 30.6. The summed E-state index contributed by atoms with van der Waals surface area (Å²) in [5.74, 6) is 2.18. The number of carbonyl (C=O) groups excluding carboxylic acids is 1. The molecule has 3 aromatic rings. The van der Waals surface area contributed by atoms with E-state index in [1.807, 2.05) is 42.5 Å². The van der Waals surface area contributed by atoms with Gasteiger partial charge < -0.3 is 35.5 Å². The number of ether oxygens (including phenoxy) is 3. The van der Waals surface area contributed by atoms with Crippen LogP contribution in [0.3, 0.4) is 0 Å². The lowest BCUT2D eigenvalue weighted by Crippen LogP contribution is -2.27. The van der Waals surface area contributed by atoms with Crippen LogP contribution in [0, 0.1) is 0 Å². The second-order valence-corrected chi connectivity index (χ2v) is 8.94. The summed E-state index contributed by atoms with van der Waals surface area (Å²) in [6, 6.07) is 17.2. The van der Waals surface area contributed by atoms with E-state index in [2.05, 4.69) is 50.1 Å². The number of hydrogen-bond acceptors (Lipinski definition) is 10. The van der Waals surface area contributed by atoms with Gasteiger partial charge in [0.25, 0.3) is 5.91 Å². The van der Waals surface area contributed by atoms with Crippen LogP contribution < -0.4 is 26.0 Å². The molecule has 11 nitrogen and oxygen atoms in total. The van der Waals surface area contributed by atoms with Crippen LogP contribution in [0.2, 0.25) is 0 Å². The summed E-state index contributed by atoms with van der Waals surface area (Å²) in [4.78, 5) is 25.6. The third-order valence-corrected chi connectivity index (χ3v) is 6.03. The Morgan fingerprint density at radius 2 is 1.40 bits per heavy atom. The number of benzene rings is 2. The predicted octanol–water partition coefficient (Wildman–Crippen LogP) is 3.97. The minimum absolute atomic E-state index is 0.109. The summed E-state index contributed by atoms with van der Waals surface area (Å²) in [5, 5.41) is 12.7. The minimum atomic E-state index is -0.109. The zero-order valence-electron chi connectivity index (χ0n) is 23.6. The molecule has 0 unspecified atom stereocenters. The largest absolute Gasteiger partial charge is 0.497 e. The molecule has 0 bridgehead atoms. The molecule has 3 rings (SSSR count). The topological polar surface area (TPSA) is 132 Å². The summed E-state index contributed by atoms with van der Waals surface area (Å²) in [7, 11) is 1.65. The van der Waals surface area contributed by atoms with Crippen LogP contribution >= 0.6 is 0 Å². The van der Waals surface area contributed by atoms with E-state index in [0.717, 1.165) is 24.2 Å². The molecule has 40 heavy (non-hydrogen) atoms. The maximum Gasteiger partial charge on any atom is 0.251 e. The zero-order valence-corrected chi connectivity index (χ0v) is 23.6. The molecule has 216 valence electrons. The van der Waals surface area contributed by atoms with Gasteiger partial charge in [-0.25, -0.2) is 0 Å². The van der Waals surface area contributed by atoms with Crippen molar-refractivity contribution in [3.63, 3.8) is 0 Å². The first-order valence-electron chi connectivity index (χ1n) is 13.7. The molecule has 0 aliphatic heterocycles. The Balaban J connectivity index is 1.38. The van der Waals surface area contributed by atoms with Crippen LogP contribution in [-0.4, -0.2) is 73.5 Å². The van der Waals surface area contributed by atoms with Gasteiger partial charge in [0.1, 0.15) is 5.75 Å². The van der Waals surface area contributed by atoms with Gasteiger partial charge in [-0.3, -0.25) is 4.79 Å². The zero-order chi connectivity index (χ0) is 28.4. The summed E-state index contributed by atoms with van der Waals surface area (Å²) in [6.45, 7) is 7.57. The van der Waals surface area contributed by atoms with E-state index in [1.54, 1.807) is 19.2 Å². The van der Waals surface area contributed by atoms with Crippen molar-refractivity contribution in [3.8, 4) is 5.75 Å². The first-order chi connectivity index (χ1) is 19.6. The highest BCUT2D eigenvalue weighted by Crippen LogP contribution is 2.15. The Morgan fingerprint density at radius 3 is 2.05 bits per heavy atom. The van der Waals surface area contributed by atoms with Gasteiger partial charge >= 0.3 is 0 Å². The molecule has 0 saturated heterocycles. The van der Waals surface area contributed by atoms with Gasteiger partial charge in [-0.2, -0.15) is 15.0 Å². The number of methoxy groups -OCH3 is 1. The number of hydrogen-bond donors (Lipinski definition) is 4. The number of rotatable bonds is 19. The van der Waals surface area contributed by atoms with Gasteiger partial charge in [-0.1, -0.05) is 44.2 Å². The quantitative estimate of drug-likeness (QED) is 0.162. The van der Waals surface area contributed by atoms with Crippen LogP contribution in [0.25, 0.3) is 0 Å². The van der Waals surface area contributed by atoms with E-state index < -0.39 is 0 Å². The first-order valence-corrected chi connectivity index (χ1v) is 13.7. The molecule has 0 fully saturated rings. The summed E-state index contributed by atoms with van der Waals surface area (Å²) < 4.78 is 16.4. The standard InChI is InChI=1S/C29H41N7O4/c1-4-24(5-2)33-29-35-27(34-28(36-29)32-21-22-11-13-25(38-3)14-12-22)31-16-18-40-20-19-39-17-15-30-26(37)23-9-7-6-8-10-23/h6-14,24H,4-5,15-21H2,1-3H3,(H,30,37)(H3,31,32,33,34,35,36). The van der Waals surface area contributed by atoms with E-state index in [1.165, 1.54) is 0 Å². The molecule has 11 heteroatoms. The smallest absolute Gasteiger partial charge is 0.251 e. The lowest BCUT2D eigenvalue weighted by Gasteiger charge is -2.16. The second-order valence-electron chi connectivity index (χ2n) is 8.94. The van der Waals surface area contributed by atoms with Crippen molar-refractivity contribution in [2.45, 2.75) is 39.3 Å². The third-order valence-electron chi connectivity index (χ3n) is 6.03. The molecule has 0 aliphatic carbocycles. The van der Waals surface area contributed by atoms with E-state index in [0.29, 0.717) is 69.5 Å². The van der Waals surface area contributed by atoms with Crippen LogP contribution in [0.4, 0.5) is 17.8 Å². The fourth-order valence-corrected chi connectivity index (χ4v) is 3.68. The van der Waals surface area contributed by atoms with Crippen LogP contribution in [0.1, 0.15) is 42.6 Å². The molecule has 0 saturated carbocycles. The SMILES string of the molecule is CCC(CC)Nc1nc(NCCOCCOCCNC(=O)c2ccccc2)nc(NCc2ccc(OC)cc2)n1. The molecule has 0 spiro atoms. The summed E-state index contributed by atoms with van der Waals surface area (Å²) in [6.07, 6.45) is 1.93. The van der Waals surface area contributed by atoms with Gasteiger partial charge in [0.2, 0.25) is 17.8 Å². The fourth-order valence-electron chi connectivity index (χ4n) is 3.68. The molecular weight excluding hydrogens is 510 g/mol. The van der Waals surface area contributed by atoms with E-state index in [4.69, 9.17) is 14.2 Å². The molecule has 2 aromatic carbocycles. The third kappa shape index (κ3) is 11.0. The maximum atomic E-state index is 12.0. The van der Waals surface area contributed by atoms with E-state index in [-0.39, 0.29) is 11.9 Å². The van der Waals surface area contributed by atoms with Crippen molar-refractivity contribution in [2.24, 2.45) is 0 Å². The van der Waals surface area contributed by atoms with Gasteiger partial charge in [-0.05, 0) is 42.7 Å². The van der Waals surface area contributed by atoms with E-state index >= 15 is 0 Å². The number of aromatic nitrogens is 3. The highest BCUT2D eigenvalue weighted by Gasteiger charge is 2.10. The van der Waals surface area contributed by atoms with Crippen molar-refractivity contribution in [1.82, 2.24) is 20.3 Å². The molecular formula is C29H41N7O4. The molecule has 0 radical (unpaired) electrons. The number of anilines is 3. The average molecular weight is 552 g/mol. The predicted molar refractivity (Wildman–Crippen MR) is 157 cm³/mol. The number of nitrogens with zero attached hydrogens (tertiary/aromatic N) is 3. The Kier molecular flexibility index (Phi) is 13.4. The van der Waals surface area contributed by atoms with Crippen molar-refractivity contribution in [3.05, 3.63) is 65.7 Å². The highest BCUT2D eigenvalue weighted by atomic mass is 16.5. The molecule has 1 amide bonds. The Labute approximate surface area is 236 Å². The monoisotopic (exact) mass is 551 g/mol. The van der Waals surface area contributed by atoms with Gasteiger partial charge in [0, 0.05) is 31.2 Å². The summed E-state index contributed by atoms with van der Waals surface area (Å²) in [5.41, 5.74) is 1.72. The van der Waals surface area contributed by atoms with Crippen molar-refractivity contribution in [2.75, 3.05) is 62.6 Å². The van der Waals surface area contributed by atoms with Gasteiger partial charge in [0.15, 0.2) is 0 Å². The van der Waals surface area contributed by atoms with Gasteiger partial charge in [0.05, 0.1) is 33.5 Å². The van der Waals surface area contributed by atoms with Crippen LogP contribution in [-0.2, 0) is 16.0 Å². The Bertz CT molecular complexity index is 1130. The number of nitrogens with one attached hydrogen (secondary N) is 4. The second kappa shape index (κ2) is 17.6. The molecule has 1 aromatic heterocycles.